The second kappa shape index (κ2) is 19.1. The summed E-state index contributed by atoms with van der Waals surface area (Å²) in [7, 11) is 0. The summed E-state index contributed by atoms with van der Waals surface area (Å²) in [4.78, 5) is 38.4. The molecule has 0 saturated heterocycles. The molecule has 7 heteroatoms. The molecule has 0 aromatic rings. The van der Waals surface area contributed by atoms with Crippen LogP contribution in [0.5, 0.6) is 0 Å². The number of carbonyl (C=O) groups excluding carboxylic acids is 3. The summed E-state index contributed by atoms with van der Waals surface area (Å²) in [6, 6.07) is 0. The van der Waals surface area contributed by atoms with Gasteiger partial charge in [0.15, 0.2) is 0 Å². The van der Waals surface area contributed by atoms with Crippen LogP contribution in [-0.2, 0) is 23.9 Å². The van der Waals surface area contributed by atoms with Crippen molar-refractivity contribution < 1.29 is 23.9 Å². The quantitative estimate of drug-likeness (QED) is 0.143. The number of carbonyl (C=O) groups is 3. The maximum Gasteiger partial charge on any atom is 0.320 e. The average Bonchev–Trinajstić information content (AvgIpc) is 2.72. The molecule has 0 rings (SSSR count). The first kappa shape index (κ1) is 33.9. The molecule has 0 unspecified atom stereocenters. The topological polar surface area (TPSA) is 84.9 Å². The van der Waals surface area contributed by atoms with Gasteiger partial charge in [-0.1, -0.05) is 44.9 Å². The molecule has 0 heterocycles. The lowest BCUT2D eigenvalue weighted by atomic mass is 10.1. The summed E-state index contributed by atoms with van der Waals surface area (Å²) >= 11 is 0. The highest BCUT2D eigenvalue weighted by Crippen LogP contribution is 2.12. The molecule has 0 atom stereocenters. The Bertz CT molecular complexity index is 641. The van der Waals surface area contributed by atoms with Crippen LogP contribution in [0.15, 0.2) is 0 Å². The van der Waals surface area contributed by atoms with E-state index in [2.05, 4.69) is 11.2 Å². The lowest BCUT2D eigenvalue weighted by molar-refractivity contribution is -0.160. The number of hydrogen-bond donors (Lipinski definition) is 1. The zero-order valence-corrected chi connectivity index (χ0v) is 23.9. The van der Waals surface area contributed by atoms with E-state index in [-0.39, 0.29) is 30.9 Å². The van der Waals surface area contributed by atoms with Gasteiger partial charge in [0.2, 0.25) is 5.91 Å². The molecule has 0 spiro atoms. The van der Waals surface area contributed by atoms with Crippen LogP contribution in [0.4, 0.5) is 0 Å². The van der Waals surface area contributed by atoms with Crippen LogP contribution in [0, 0.1) is 12.3 Å². The number of hydrogen-bond acceptors (Lipinski definition) is 6. The summed E-state index contributed by atoms with van der Waals surface area (Å²) in [5.74, 6) is 1.95. The second-order valence-electron chi connectivity index (χ2n) is 11.5. The average molecular weight is 509 g/mol. The zero-order chi connectivity index (χ0) is 27.5. The molecule has 0 fully saturated rings. The Morgan fingerprint density at radius 1 is 0.722 bits per heavy atom. The van der Waals surface area contributed by atoms with E-state index in [1.165, 1.54) is 38.5 Å². The third-order valence-electron chi connectivity index (χ3n) is 5.24. The molecule has 208 valence electrons. The molecule has 1 N–H and O–H groups in total. The Hall–Kier alpha value is -2.07. The summed E-state index contributed by atoms with van der Waals surface area (Å²) in [6.45, 7) is 11.8. The molecular formula is C29H52N2O5. The van der Waals surface area contributed by atoms with Crippen LogP contribution in [-0.4, -0.2) is 60.1 Å². The van der Waals surface area contributed by atoms with Gasteiger partial charge in [0, 0.05) is 25.9 Å². The lowest BCUT2D eigenvalue weighted by Crippen LogP contribution is -2.41. The summed E-state index contributed by atoms with van der Waals surface area (Å²) in [6.07, 6.45) is 17.8. The number of ether oxygens (including phenoxy) is 2. The van der Waals surface area contributed by atoms with E-state index < -0.39 is 11.2 Å². The number of unbranched alkanes of at least 4 members (excludes halogenated alkanes) is 9. The van der Waals surface area contributed by atoms with Gasteiger partial charge in [-0.15, -0.1) is 12.3 Å². The maximum atomic E-state index is 12.3. The van der Waals surface area contributed by atoms with Gasteiger partial charge in [-0.2, -0.15) is 0 Å². The third kappa shape index (κ3) is 23.7. The molecule has 1 amide bonds. The van der Waals surface area contributed by atoms with Crippen LogP contribution in [0.2, 0.25) is 0 Å². The Morgan fingerprint density at radius 3 is 1.61 bits per heavy atom. The maximum absolute atomic E-state index is 12.3. The minimum atomic E-state index is -0.592. The fourth-order valence-corrected chi connectivity index (χ4v) is 3.70. The Kier molecular flexibility index (Phi) is 18.0. The highest BCUT2D eigenvalue weighted by molar-refractivity contribution is 5.76. The fraction of sp³-hybridized carbons (Fsp3) is 0.828. The number of nitrogens with one attached hydrogen (secondary N) is 1. The van der Waals surface area contributed by atoms with Crippen LogP contribution in [0.1, 0.15) is 119 Å². The van der Waals surface area contributed by atoms with E-state index in [0.717, 1.165) is 25.7 Å². The second-order valence-corrected chi connectivity index (χ2v) is 11.5. The van der Waals surface area contributed by atoms with Crippen LogP contribution in [0.25, 0.3) is 0 Å². The van der Waals surface area contributed by atoms with Crippen molar-refractivity contribution in [3.8, 4) is 12.3 Å². The van der Waals surface area contributed by atoms with Gasteiger partial charge >= 0.3 is 11.9 Å². The number of nitrogens with zero attached hydrogens (tertiary/aromatic N) is 1. The fourth-order valence-electron chi connectivity index (χ4n) is 3.70. The molecule has 7 nitrogen and oxygen atoms in total. The van der Waals surface area contributed by atoms with E-state index in [9.17, 15) is 14.4 Å². The standard InChI is InChI=1S/C29H52N2O5/c1-8-9-10-11-12-13-14-15-16-17-18-20-25(32)30-21-19-22-31(23-26(33)35-28(2,3)4)24-27(34)36-29(5,6)7/h1H,9-24H2,2-7H3,(H,30,32). The van der Waals surface area contributed by atoms with Crippen molar-refractivity contribution in [2.45, 2.75) is 130 Å². The first-order valence-electron chi connectivity index (χ1n) is 13.7. The van der Waals surface area contributed by atoms with E-state index in [0.29, 0.717) is 25.9 Å². The molecule has 0 aliphatic heterocycles. The first-order chi connectivity index (χ1) is 16.8. The number of esters is 2. The SMILES string of the molecule is C#CCCCCCCCCCCCC(=O)NCCCN(CC(=O)OC(C)(C)C)CC(=O)OC(C)(C)C. The van der Waals surface area contributed by atoms with Gasteiger partial charge in [-0.3, -0.25) is 19.3 Å². The monoisotopic (exact) mass is 508 g/mol. The van der Waals surface area contributed by atoms with Gasteiger partial charge in [0.05, 0.1) is 13.1 Å². The lowest BCUT2D eigenvalue weighted by Gasteiger charge is -2.26. The minimum Gasteiger partial charge on any atom is -0.459 e. The number of terminal acetylenes is 1. The predicted octanol–water partition coefficient (Wildman–Crippen LogP) is 5.40. The van der Waals surface area contributed by atoms with E-state index >= 15 is 0 Å². The summed E-state index contributed by atoms with van der Waals surface area (Å²) in [5, 5.41) is 2.94. The van der Waals surface area contributed by atoms with Crippen LogP contribution >= 0.6 is 0 Å². The minimum absolute atomic E-state index is 0.00460. The smallest absolute Gasteiger partial charge is 0.320 e. The van der Waals surface area contributed by atoms with Crippen LogP contribution < -0.4 is 5.32 Å². The number of rotatable bonds is 19. The molecule has 0 saturated carbocycles. The van der Waals surface area contributed by atoms with Crippen molar-refractivity contribution in [3.63, 3.8) is 0 Å². The molecular weight excluding hydrogens is 456 g/mol. The highest BCUT2D eigenvalue weighted by Gasteiger charge is 2.23. The summed E-state index contributed by atoms with van der Waals surface area (Å²) < 4.78 is 10.8. The van der Waals surface area contributed by atoms with Crippen molar-refractivity contribution in [1.29, 1.82) is 0 Å². The van der Waals surface area contributed by atoms with Crippen LogP contribution in [0.3, 0.4) is 0 Å². The van der Waals surface area contributed by atoms with Gasteiger partial charge in [0.25, 0.3) is 0 Å². The third-order valence-corrected chi connectivity index (χ3v) is 5.24. The van der Waals surface area contributed by atoms with Gasteiger partial charge < -0.3 is 14.8 Å². The Morgan fingerprint density at radius 2 is 1.17 bits per heavy atom. The highest BCUT2D eigenvalue weighted by atomic mass is 16.6. The molecule has 0 radical (unpaired) electrons. The molecule has 0 aromatic heterocycles. The molecule has 0 bridgehead atoms. The van der Waals surface area contributed by atoms with Crippen molar-refractivity contribution in [2.75, 3.05) is 26.2 Å². The van der Waals surface area contributed by atoms with Crippen molar-refractivity contribution in [2.24, 2.45) is 0 Å². The van der Waals surface area contributed by atoms with Crippen molar-refractivity contribution in [1.82, 2.24) is 10.2 Å². The van der Waals surface area contributed by atoms with E-state index in [1.54, 1.807) is 4.90 Å². The van der Waals surface area contributed by atoms with Gasteiger partial charge in [0.1, 0.15) is 11.2 Å². The summed E-state index contributed by atoms with van der Waals surface area (Å²) in [5.41, 5.74) is -1.18. The van der Waals surface area contributed by atoms with E-state index in [1.807, 2.05) is 41.5 Å². The number of amides is 1. The molecule has 0 aliphatic rings. The molecule has 0 aliphatic carbocycles. The van der Waals surface area contributed by atoms with E-state index in [4.69, 9.17) is 15.9 Å². The normalized spacial score (nSPS) is 11.7. The Labute approximate surface area is 220 Å². The zero-order valence-electron chi connectivity index (χ0n) is 23.9. The van der Waals surface area contributed by atoms with Gasteiger partial charge in [-0.25, -0.2) is 0 Å². The largest absolute Gasteiger partial charge is 0.459 e. The predicted molar refractivity (Wildman–Crippen MR) is 145 cm³/mol. The first-order valence-corrected chi connectivity index (χ1v) is 13.7. The Balaban J connectivity index is 4.13. The van der Waals surface area contributed by atoms with Gasteiger partial charge in [-0.05, 0) is 60.8 Å². The van der Waals surface area contributed by atoms with Crippen molar-refractivity contribution in [3.05, 3.63) is 0 Å². The molecule has 0 aromatic carbocycles. The van der Waals surface area contributed by atoms with Crippen molar-refractivity contribution >= 4 is 17.8 Å². The molecule has 36 heavy (non-hydrogen) atoms.